The number of carbonyl (C=O) groups is 2. The summed E-state index contributed by atoms with van der Waals surface area (Å²) in [5, 5.41) is 2.96. The van der Waals surface area contributed by atoms with E-state index < -0.39 is 6.10 Å². The molecule has 1 atom stereocenters. The van der Waals surface area contributed by atoms with Crippen LogP contribution in [0, 0.1) is 0 Å². The van der Waals surface area contributed by atoms with Crippen molar-refractivity contribution in [3.8, 4) is 5.75 Å². The number of ether oxygens (including phenoxy) is 1. The van der Waals surface area contributed by atoms with E-state index in [2.05, 4.69) is 10.2 Å². The third-order valence-corrected chi connectivity index (χ3v) is 5.46. The highest BCUT2D eigenvalue weighted by atomic mass is 32.2. The van der Waals surface area contributed by atoms with E-state index in [1.54, 1.807) is 18.7 Å². The molecule has 2 aliphatic rings. The van der Waals surface area contributed by atoms with Gasteiger partial charge in [0.25, 0.3) is 5.91 Å². The van der Waals surface area contributed by atoms with Crippen LogP contribution in [-0.2, 0) is 9.59 Å². The first-order valence-corrected chi connectivity index (χ1v) is 9.26. The molecule has 0 radical (unpaired) electrons. The van der Waals surface area contributed by atoms with Crippen LogP contribution in [0.1, 0.15) is 6.92 Å². The Morgan fingerprint density at radius 1 is 1.25 bits per heavy atom. The van der Waals surface area contributed by atoms with Gasteiger partial charge in [0.15, 0.2) is 6.10 Å². The van der Waals surface area contributed by atoms with Crippen LogP contribution in [0.2, 0.25) is 0 Å². The molecule has 3 rings (SSSR count). The summed E-state index contributed by atoms with van der Waals surface area (Å²) in [6.07, 6.45) is -0.431. The highest BCUT2D eigenvalue weighted by Gasteiger charge is 2.26. The maximum absolute atomic E-state index is 12.3. The quantitative estimate of drug-likeness (QED) is 0.872. The van der Waals surface area contributed by atoms with Crippen molar-refractivity contribution in [1.29, 1.82) is 0 Å². The van der Waals surface area contributed by atoms with Crippen molar-refractivity contribution in [1.82, 2.24) is 15.1 Å². The second kappa shape index (κ2) is 7.90. The average Bonchev–Trinajstić information content (AvgIpc) is 2.61. The molecule has 130 valence electrons. The Morgan fingerprint density at radius 3 is 2.75 bits per heavy atom. The molecular formula is C17H23N3O3S. The van der Waals surface area contributed by atoms with E-state index in [0.29, 0.717) is 12.3 Å². The number of hydrogen-bond acceptors (Lipinski definition) is 5. The van der Waals surface area contributed by atoms with Crippen molar-refractivity contribution in [2.24, 2.45) is 0 Å². The molecule has 2 heterocycles. The zero-order valence-electron chi connectivity index (χ0n) is 13.9. The van der Waals surface area contributed by atoms with Crippen LogP contribution in [0.15, 0.2) is 29.2 Å². The predicted molar refractivity (Wildman–Crippen MR) is 93.3 cm³/mol. The summed E-state index contributed by atoms with van der Waals surface area (Å²) in [5.41, 5.74) is 0. The molecule has 7 heteroatoms. The normalized spacial score (nSPS) is 20.9. The molecule has 0 bridgehead atoms. The lowest BCUT2D eigenvalue weighted by molar-refractivity contribution is -0.130. The lowest BCUT2D eigenvalue weighted by Gasteiger charge is -2.34. The molecule has 0 aromatic heterocycles. The van der Waals surface area contributed by atoms with E-state index in [4.69, 9.17) is 4.74 Å². The van der Waals surface area contributed by atoms with Gasteiger partial charge in [0.2, 0.25) is 5.91 Å². The van der Waals surface area contributed by atoms with E-state index in [9.17, 15) is 9.59 Å². The molecule has 2 amide bonds. The largest absolute Gasteiger partial charge is 0.479 e. The van der Waals surface area contributed by atoms with Crippen molar-refractivity contribution < 1.29 is 14.3 Å². The lowest BCUT2D eigenvalue weighted by atomic mass is 10.3. The standard InChI is InChI=1S/C17H23N3O3S/c1-13(21)20-10-8-19(9-11-20)7-6-18-17(22)15-12-24-16-5-3-2-4-14(16)23-15/h2-5,15H,6-12H2,1H3,(H,18,22)/t15-/m0/s1. The molecule has 1 N–H and O–H groups in total. The summed E-state index contributed by atoms with van der Waals surface area (Å²) in [6, 6.07) is 7.80. The zero-order valence-corrected chi connectivity index (χ0v) is 14.7. The Morgan fingerprint density at radius 2 is 2.00 bits per heavy atom. The summed E-state index contributed by atoms with van der Waals surface area (Å²) in [4.78, 5) is 28.8. The van der Waals surface area contributed by atoms with Gasteiger partial charge in [0.1, 0.15) is 5.75 Å². The minimum absolute atomic E-state index is 0.0561. The van der Waals surface area contributed by atoms with Crippen LogP contribution < -0.4 is 10.1 Å². The number of rotatable bonds is 4. The number of amides is 2. The average molecular weight is 349 g/mol. The van der Waals surface area contributed by atoms with Gasteiger partial charge in [0.05, 0.1) is 0 Å². The van der Waals surface area contributed by atoms with Gasteiger partial charge in [-0.1, -0.05) is 12.1 Å². The second-order valence-electron chi connectivity index (χ2n) is 6.00. The van der Waals surface area contributed by atoms with Gasteiger partial charge in [-0.25, -0.2) is 0 Å². The number of nitrogens with zero attached hydrogens (tertiary/aromatic N) is 2. The Balaban J connectivity index is 1.39. The fourth-order valence-electron chi connectivity index (χ4n) is 2.89. The molecule has 6 nitrogen and oxygen atoms in total. The third-order valence-electron chi connectivity index (χ3n) is 4.35. The van der Waals surface area contributed by atoms with Crippen LogP contribution in [0.5, 0.6) is 5.75 Å². The number of nitrogens with one attached hydrogen (secondary N) is 1. The Kier molecular flexibility index (Phi) is 5.63. The minimum Gasteiger partial charge on any atom is -0.479 e. The third kappa shape index (κ3) is 4.21. The minimum atomic E-state index is -0.431. The molecular weight excluding hydrogens is 326 g/mol. The molecule has 1 fully saturated rings. The van der Waals surface area contributed by atoms with E-state index in [1.807, 2.05) is 29.2 Å². The summed E-state index contributed by atoms with van der Waals surface area (Å²) >= 11 is 1.66. The van der Waals surface area contributed by atoms with Crippen molar-refractivity contribution >= 4 is 23.6 Å². The number of hydrogen-bond donors (Lipinski definition) is 1. The zero-order chi connectivity index (χ0) is 16.9. The lowest BCUT2D eigenvalue weighted by Crippen LogP contribution is -2.50. The first kappa shape index (κ1) is 17.1. The molecule has 0 saturated carbocycles. The van der Waals surface area contributed by atoms with Gasteiger partial charge in [-0.15, -0.1) is 11.8 Å². The fourth-order valence-corrected chi connectivity index (χ4v) is 3.87. The molecule has 0 unspecified atom stereocenters. The van der Waals surface area contributed by atoms with Crippen molar-refractivity contribution in [3.63, 3.8) is 0 Å². The van der Waals surface area contributed by atoms with E-state index >= 15 is 0 Å². The predicted octanol–water partition coefficient (Wildman–Crippen LogP) is 0.820. The smallest absolute Gasteiger partial charge is 0.262 e. The highest BCUT2D eigenvalue weighted by Crippen LogP contribution is 2.34. The second-order valence-corrected chi connectivity index (χ2v) is 7.06. The van der Waals surface area contributed by atoms with Crippen LogP contribution in [0.3, 0.4) is 0 Å². The number of fused-ring (bicyclic) bond motifs is 1. The maximum Gasteiger partial charge on any atom is 0.262 e. The van der Waals surface area contributed by atoms with E-state index in [1.165, 1.54) is 0 Å². The first-order chi connectivity index (χ1) is 11.6. The monoisotopic (exact) mass is 349 g/mol. The summed E-state index contributed by atoms with van der Waals surface area (Å²) in [7, 11) is 0. The number of piperazine rings is 1. The van der Waals surface area contributed by atoms with Crippen LogP contribution in [0.25, 0.3) is 0 Å². The van der Waals surface area contributed by atoms with Gasteiger partial charge < -0.3 is 15.0 Å². The number of benzene rings is 1. The molecule has 1 saturated heterocycles. The number of thioether (sulfide) groups is 1. The van der Waals surface area contributed by atoms with Gasteiger partial charge >= 0.3 is 0 Å². The van der Waals surface area contributed by atoms with Gasteiger partial charge in [-0.3, -0.25) is 14.5 Å². The summed E-state index contributed by atoms with van der Waals surface area (Å²) in [5.74, 6) is 1.50. The SMILES string of the molecule is CC(=O)N1CCN(CCNC(=O)[C@@H]2CSc3ccccc3O2)CC1. The van der Waals surface area contributed by atoms with E-state index in [0.717, 1.165) is 43.4 Å². The number of carbonyl (C=O) groups excluding carboxylic acids is 2. The van der Waals surface area contributed by atoms with Crippen LogP contribution in [-0.4, -0.2) is 72.7 Å². The topological polar surface area (TPSA) is 61.9 Å². The van der Waals surface area contributed by atoms with Gasteiger partial charge in [0, 0.05) is 56.8 Å². The summed E-state index contributed by atoms with van der Waals surface area (Å²) in [6.45, 7) is 6.26. The first-order valence-electron chi connectivity index (χ1n) is 8.27. The van der Waals surface area contributed by atoms with Gasteiger partial charge in [-0.05, 0) is 12.1 Å². The van der Waals surface area contributed by atoms with Crippen molar-refractivity contribution in [3.05, 3.63) is 24.3 Å². The molecule has 0 spiro atoms. The summed E-state index contributed by atoms with van der Waals surface area (Å²) < 4.78 is 5.79. The highest BCUT2D eigenvalue weighted by molar-refractivity contribution is 7.99. The fraction of sp³-hybridized carbons (Fsp3) is 0.529. The Hall–Kier alpha value is -1.73. The van der Waals surface area contributed by atoms with Gasteiger partial charge in [-0.2, -0.15) is 0 Å². The van der Waals surface area contributed by atoms with Crippen LogP contribution >= 0.6 is 11.8 Å². The van der Waals surface area contributed by atoms with Crippen molar-refractivity contribution in [2.45, 2.75) is 17.9 Å². The van der Waals surface area contributed by atoms with Crippen molar-refractivity contribution in [2.75, 3.05) is 45.0 Å². The number of para-hydroxylation sites is 1. The Bertz CT molecular complexity index is 602. The molecule has 0 aliphatic carbocycles. The molecule has 1 aromatic carbocycles. The molecule has 2 aliphatic heterocycles. The Labute approximate surface area is 146 Å². The molecule has 1 aromatic rings. The molecule has 24 heavy (non-hydrogen) atoms. The maximum atomic E-state index is 12.3. The van der Waals surface area contributed by atoms with E-state index in [-0.39, 0.29) is 11.8 Å². The van der Waals surface area contributed by atoms with Crippen LogP contribution in [0.4, 0.5) is 0 Å².